The molecule has 0 aromatic rings. The third kappa shape index (κ3) is 2.94. The van der Waals surface area contributed by atoms with Crippen LogP contribution in [-0.4, -0.2) is 19.0 Å². The van der Waals surface area contributed by atoms with Crippen molar-refractivity contribution in [3.63, 3.8) is 0 Å². The molecule has 0 aromatic carbocycles. The molecule has 15 heavy (non-hydrogen) atoms. The Bertz CT molecular complexity index is 226. The van der Waals surface area contributed by atoms with Gasteiger partial charge >= 0.3 is 0 Å². The van der Waals surface area contributed by atoms with Crippen molar-refractivity contribution in [3.05, 3.63) is 0 Å². The minimum Gasteiger partial charge on any atom is -0.356 e. The molecule has 0 aromatic heterocycles. The fourth-order valence-electron chi connectivity index (χ4n) is 2.53. The lowest BCUT2D eigenvalue weighted by atomic mass is 9.79. The van der Waals surface area contributed by atoms with Crippen molar-refractivity contribution in [2.75, 3.05) is 13.1 Å². The van der Waals surface area contributed by atoms with Crippen molar-refractivity contribution in [3.8, 4) is 0 Å². The Morgan fingerprint density at radius 2 is 1.93 bits per heavy atom. The van der Waals surface area contributed by atoms with Crippen LogP contribution in [0.15, 0.2) is 0 Å². The van der Waals surface area contributed by atoms with Gasteiger partial charge in [0.2, 0.25) is 5.91 Å². The molecular formula is C12H22N2O. The van der Waals surface area contributed by atoms with Crippen LogP contribution in [0.5, 0.6) is 0 Å². The summed E-state index contributed by atoms with van der Waals surface area (Å²) in [5.41, 5.74) is 5.72. The molecule has 2 aliphatic rings. The summed E-state index contributed by atoms with van der Waals surface area (Å²) in [6.07, 6.45) is 7.21. The topological polar surface area (TPSA) is 55.1 Å². The van der Waals surface area contributed by atoms with Crippen molar-refractivity contribution in [2.45, 2.75) is 38.5 Å². The largest absolute Gasteiger partial charge is 0.356 e. The SMILES string of the molecule is NCC1CCCCC1C(=O)NCC1CC1. The molecule has 2 unspecified atom stereocenters. The number of rotatable bonds is 4. The summed E-state index contributed by atoms with van der Waals surface area (Å²) < 4.78 is 0. The number of nitrogens with one attached hydrogen (secondary N) is 1. The Balaban J connectivity index is 1.79. The van der Waals surface area contributed by atoms with E-state index in [2.05, 4.69) is 5.32 Å². The molecule has 0 saturated heterocycles. The number of hydrogen-bond donors (Lipinski definition) is 2. The quantitative estimate of drug-likeness (QED) is 0.734. The first kappa shape index (κ1) is 10.9. The molecule has 3 nitrogen and oxygen atoms in total. The zero-order chi connectivity index (χ0) is 10.7. The highest BCUT2D eigenvalue weighted by molar-refractivity contribution is 5.79. The first-order valence-corrected chi connectivity index (χ1v) is 6.29. The van der Waals surface area contributed by atoms with Crippen molar-refractivity contribution < 1.29 is 4.79 Å². The van der Waals surface area contributed by atoms with Gasteiger partial charge in [-0.1, -0.05) is 12.8 Å². The summed E-state index contributed by atoms with van der Waals surface area (Å²) >= 11 is 0. The van der Waals surface area contributed by atoms with Crippen LogP contribution in [-0.2, 0) is 4.79 Å². The molecule has 3 N–H and O–H groups in total. The standard InChI is InChI=1S/C12H22N2O/c13-7-10-3-1-2-4-11(10)12(15)14-8-9-5-6-9/h9-11H,1-8,13H2,(H,14,15). The van der Waals surface area contributed by atoms with E-state index in [9.17, 15) is 4.79 Å². The highest BCUT2D eigenvalue weighted by Crippen LogP contribution is 2.31. The van der Waals surface area contributed by atoms with Crippen LogP contribution in [0.3, 0.4) is 0 Å². The van der Waals surface area contributed by atoms with Gasteiger partial charge in [0.1, 0.15) is 0 Å². The highest BCUT2D eigenvalue weighted by Gasteiger charge is 2.30. The highest BCUT2D eigenvalue weighted by atomic mass is 16.1. The van der Waals surface area contributed by atoms with Gasteiger partial charge in [-0.15, -0.1) is 0 Å². The summed E-state index contributed by atoms with van der Waals surface area (Å²) in [6, 6.07) is 0. The maximum atomic E-state index is 11.9. The van der Waals surface area contributed by atoms with E-state index in [1.807, 2.05) is 0 Å². The number of carbonyl (C=O) groups is 1. The Hall–Kier alpha value is -0.570. The summed E-state index contributed by atoms with van der Waals surface area (Å²) in [5.74, 6) is 1.66. The molecule has 2 rings (SSSR count). The van der Waals surface area contributed by atoms with E-state index in [-0.39, 0.29) is 11.8 Å². The van der Waals surface area contributed by atoms with Gasteiger partial charge in [-0.3, -0.25) is 4.79 Å². The molecule has 2 saturated carbocycles. The van der Waals surface area contributed by atoms with E-state index >= 15 is 0 Å². The molecule has 0 bridgehead atoms. The van der Waals surface area contributed by atoms with Gasteiger partial charge in [0, 0.05) is 12.5 Å². The fraction of sp³-hybridized carbons (Fsp3) is 0.917. The predicted molar refractivity (Wildman–Crippen MR) is 60.2 cm³/mol. The van der Waals surface area contributed by atoms with Crippen molar-refractivity contribution in [2.24, 2.45) is 23.5 Å². The molecule has 2 aliphatic carbocycles. The molecule has 86 valence electrons. The van der Waals surface area contributed by atoms with E-state index in [4.69, 9.17) is 5.73 Å². The normalized spacial score (nSPS) is 31.3. The van der Waals surface area contributed by atoms with E-state index in [0.29, 0.717) is 12.5 Å². The summed E-state index contributed by atoms with van der Waals surface area (Å²) in [5, 5.41) is 3.08. The predicted octanol–water partition coefficient (Wildman–Crippen LogP) is 1.28. The maximum absolute atomic E-state index is 11.9. The van der Waals surface area contributed by atoms with Crippen LogP contribution in [0.2, 0.25) is 0 Å². The molecule has 3 heteroatoms. The van der Waals surface area contributed by atoms with Crippen molar-refractivity contribution >= 4 is 5.91 Å². The molecule has 0 heterocycles. The second kappa shape index (κ2) is 4.97. The van der Waals surface area contributed by atoms with E-state index in [0.717, 1.165) is 25.3 Å². The minimum absolute atomic E-state index is 0.197. The van der Waals surface area contributed by atoms with Gasteiger partial charge in [-0.2, -0.15) is 0 Å². The van der Waals surface area contributed by atoms with Crippen molar-refractivity contribution in [1.82, 2.24) is 5.32 Å². The smallest absolute Gasteiger partial charge is 0.223 e. The Kier molecular flexibility index (Phi) is 3.62. The van der Waals surface area contributed by atoms with Crippen LogP contribution in [0, 0.1) is 17.8 Å². The van der Waals surface area contributed by atoms with Crippen LogP contribution >= 0.6 is 0 Å². The van der Waals surface area contributed by atoms with E-state index < -0.39 is 0 Å². The Morgan fingerprint density at radius 1 is 1.20 bits per heavy atom. The number of amides is 1. The molecule has 0 radical (unpaired) electrons. The third-order valence-electron chi connectivity index (χ3n) is 3.81. The lowest BCUT2D eigenvalue weighted by Gasteiger charge is -2.29. The first-order valence-electron chi connectivity index (χ1n) is 6.29. The van der Waals surface area contributed by atoms with Gasteiger partial charge in [0.15, 0.2) is 0 Å². The fourth-order valence-corrected chi connectivity index (χ4v) is 2.53. The molecular weight excluding hydrogens is 188 g/mol. The van der Waals surface area contributed by atoms with Crippen LogP contribution in [0.1, 0.15) is 38.5 Å². The molecule has 0 spiro atoms. The lowest BCUT2D eigenvalue weighted by molar-refractivity contribution is -0.127. The Labute approximate surface area is 91.8 Å². The average molecular weight is 210 g/mol. The van der Waals surface area contributed by atoms with Gasteiger partial charge in [0.05, 0.1) is 0 Å². The number of nitrogens with two attached hydrogens (primary N) is 1. The number of hydrogen-bond acceptors (Lipinski definition) is 2. The Morgan fingerprint density at radius 3 is 2.60 bits per heavy atom. The second-order valence-corrected chi connectivity index (χ2v) is 5.08. The maximum Gasteiger partial charge on any atom is 0.223 e. The minimum atomic E-state index is 0.197. The van der Waals surface area contributed by atoms with Gasteiger partial charge in [-0.05, 0) is 44.1 Å². The van der Waals surface area contributed by atoms with Gasteiger partial charge in [-0.25, -0.2) is 0 Å². The van der Waals surface area contributed by atoms with Crippen LogP contribution in [0.25, 0.3) is 0 Å². The summed E-state index contributed by atoms with van der Waals surface area (Å²) in [4.78, 5) is 11.9. The van der Waals surface area contributed by atoms with Crippen LogP contribution in [0.4, 0.5) is 0 Å². The third-order valence-corrected chi connectivity index (χ3v) is 3.81. The van der Waals surface area contributed by atoms with E-state index in [1.165, 1.54) is 25.7 Å². The second-order valence-electron chi connectivity index (χ2n) is 5.08. The molecule has 0 aliphatic heterocycles. The van der Waals surface area contributed by atoms with E-state index in [1.54, 1.807) is 0 Å². The number of carbonyl (C=O) groups excluding carboxylic acids is 1. The van der Waals surface area contributed by atoms with Crippen molar-refractivity contribution in [1.29, 1.82) is 0 Å². The lowest BCUT2D eigenvalue weighted by Crippen LogP contribution is -2.40. The monoisotopic (exact) mass is 210 g/mol. The first-order chi connectivity index (χ1) is 7.31. The van der Waals surface area contributed by atoms with Gasteiger partial charge < -0.3 is 11.1 Å². The van der Waals surface area contributed by atoms with Gasteiger partial charge in [0.25, 0.3) is 0 Å². The summed E-state index contributed by atoms with van der Waals surface area (Å²) in [6.45, 7) is 1.56. The summed E-state index contributed by atoms with van der Waals surface area (Å²) in [7, 11) is 0. The zero-order valence-electron chi connectivity index (χ0n) is 9.37. The molecule has 2 atom stereocenters. The average Bonchev–Trinajstić information content (AvgIpc) is 3.09. The zero-order valence-corrected chi connectivity index (χ0v) is 9.37. The molecule has 2 fully saturated rings. The van der Waals surface area contributed by atoms with Crippen LogP contribution < -0.4 is 11.1 Å². The molecule has 1 amide bonds.